The van der Waals surface area contributed by atoms with Crippen LogP contribution >= 0.6 is 11.3 Å². The lowest BCUT2D eigenvalue weighted by Gasteiger charge is -2.45. The lowest BCUT2D eigenvalue weighted by molar-refractivity contribution is 0.568. The molecule has 2 aliphatic rings. The molecule has 3 heterocycles. The van der Waals surface area contributed by atoms with Crippen LogP contribution in [-0.2, 0) is 32.5 Å². The van der Waals surface area contributed by atoms with E-state index >= 15 is 0 Å². The Labute approximate surface area is 390 Å². The average Bonchev–Trinajstić information content (AvgIpc) is 3.56. The predicted molar refractivity (Wildman–Crippen MR) is 286 cm³/mol. The van der Waals surface area contributed by atoms with Gasteiger partial charge in [0.25, 0.3) is 6.71 Å². The number of thiophene rings is 1. The summed E-state index contributed by atoms with van der Waals surface area (Å²) in [6.45, 7) is 42.3. The van der Waals surface area contributed by atoms with Crippen LogP contribution in [0.25, 0.3) is 20.2 Å². The van der Waals surface area contributed by atoms with Crippen LogP contribution in [0.4, 0.5) is 34.1 Å². The zero-order valence-corrected chi connectivity index (χ0v) is 43.0. The summed E-state index contributed by atoms with van der Waals surface area (Å²) >= 11 is 1.98. The molecule has 0 fully saturated rings. The minimum absolute atomic E-state index is 0.0191. The van der Waals surface area contributed by atoms with Gasteiger partial charge >= 0.3 is 0 Å². The summed E-state index contributed by atoms with van der Waals surface area (Å²) in [5, 5.41) is 2.72. The number of hydrogen-bond acceptors (Lipinski definition) is 3. The highest BCUT2D eigenvalue weighted by Crippen LogP contribution is 2.49. The number of nitrogens with zero attached hydrogens (tertiary/aromatic N) is 2. The fourth-order valence-electron chi connectivity index (χ4n) is 9.96. The highest BCUT2D eigenvalue weighted by atomic mass is 32.1. The second kappa shape index (κ2) is 14.4. The van der Waals surface area contributed by atoms with Crippen molar-refractivity contribution in [2.75, 3.05) is 9.80 Å². The third kappa shape index (κ3) is 7.41. The monoisotopic (exact) mass is 863 g/mol. The van der Waals surface area contributed by atoms with Crippen molar-refractivity contribution in [1.29, 1.82) is 0 Å². The average molecular weight is 863 g/mol. The van der Waals surface area contributed by atoms with Gasteiger partial charge in [0, 0.05) is 48.9 Å². The summed E-state index contributed by atoms with van der Waals surface area (Å²) in [6, 6.07) is 41.5. The van der Waals surface area contributed by atoms with E-state index in [0.29, 0.717) is 0 Å². The Balaban J connectivity index is 1.45. The third-order valence-electron chi connectivity index (χ3n) is 14.1. The summed E-state index contributed by atoms with van der Waals surface area (Å²) in [5.74, 6) is 0. The number of benzene rings is 6. The quantitative estimate of drug-likeness (QED) is 0.160. The van der Waals surface area contributed by atoms with Crippen LogP contribution in [0, 0.1) is 0 Å². The van der Waals surface area contributed by atoms with Crippen molar-refractivity contribution in [2.45, 2.75) is 157 Å². The molecule has 0 N–H and O–H groups in total. The molecule has 6 aromatic carbocycles. The van der Waals surface area contributed by atoms with Crippen LogP contribution < -0.4 is 26.2 Å². The second-order valence-corrected chi connectivity index (χ2v) is 26.4. The van der Waals surface area contributed by atoms with E-state index < -0.39 is 0 Å². The molecule has 2 nitrogen and oxygen atoms in total. The highest BCUT2D eigenvalue weighted by molar-refractivity contribution is 7.28. The molecule has 9 rings (SSSR count). The number of rotatable bonds is 2. The molecule has 0 aliphatic carbocycles. The van der Waals surface area contributed by atoms with E-state index in [1.807, 2.05) is 11.3 Å². The van der Waals surface area contributed by atoms with Crippen molar-refractivity contribution in [3.05, 3.63) is 137 Å². The predicted octanol–water partition coefficient (Wildman–Crippen LogP) is 15.9. The lowest BCUT2D eigenvalue weighted by atomic mass is 9.33. The van der Waals surface area contributed by atoms with Crippen LogP contribution in [0.1, 0.15) is 158 Å². The first-order chi connectivity index (χ1) is 29.5. The Morgan fingerprint density at radius 2 is 0.766 bits per heavy atom. The molecule has 330 valence electrons. The first kappa shape index (κ1) is 44.4. The molecule has 0 atom stereocenters. The molecule has 1 aromatic heterocycles. The molecule has 0 bridgehead atoms. The van der Waals surface area contributed by atoms with Gasteiger partial charge in [-0.15, -0.1) is 11.3 Å². The molecule has 0 amide bonds. The van der Waals surface area contributed by atoms with Crippen molar-refractivity contribution in [2.24, 2.45) is 0 Å². The summed E-state index contributed by atoms with van der Waals surface area (Å²) < 4.78 is 2.74. The van der Waals surface area contributed by atoms with Crippen LogP contribution in [0.3, 0.4) is 0 Å². The standard InChI is InChI=1S/C60H71BN2S/c1-55(2,3)36-23-27-51-45(34-36)44-24-26-50-53(54(44)64-51)61-46-35-37(56(4,5)6)22-25-47(46)62(42-30-38(57(7,8)9)28-39(31-42)58(10,11)12)48-20-19-21-49(52(48)61)63(50)43-32-40(59(13,14)15)29-41(33-43)60(16,17)18/h19-35H,1-18H3. The molecule has 7 aromatic rings. The molecule has 64 heavy (non-hydrogen) atoms. The Morgan fingerprint density at radius 3 is 1.23 bits per heavy atom. The maximum absolute atomic E-state index is 2.64. The molecule has 0 saturated carbocycles. The van der Waals surface area contributed by atoms with Gasteiger partial charge in [0.1, 0.15) is 0 Å². The largest absolute Gasteiger partial charge is 0.311 e. The van der Waals surface area contributed by atoms with Gasteiger partial charge in [0.15, 0.2) is 0 Å². The van der Waals surface area contributed by atoms with Gasteiger partial charge < -0.3 is 9.80 Å². The highest BCUT2D eigenvalue weighted by Gasteiger charge is 2.45. The number of hydrogen-bond donors (Lipinski definition) is 0. The van der Waals surface area contributed by atoms with Gasteiger partial charge in [-0.2, -0.15) is 0 Å². The Hall–Kier alpha value is -4.80. The van der Waals surface area contributed by atoms with E-state index in [1.54, 1.807) is 0 Å². The molecular formula is C60H71BN2S. The first-order valence-corrected chi connectivity index (χ1v) is 24.5. The minimum atomic E-state index is -0.0323. The van der Waals surface area contributed by atoms with Gasteiger partial charge in [-0.3, -0.25) is 0 Å². The van der Waals surface area contributed by atoms with Crippen molar-refractivity contribution in [3.63, 3.8) is 0 Å². The van der Waals surface area contributed by atoms with Crippen LogP contribution in [-0.4, -0.2) is 6.71 Å². The first-order valence-electron chi connectivity index (χ1n) is 23.7. The minimum Gasteiger partial charge on any atom is -0.311 e. The maximum Gasteiger partial charge on any atom is 0.254 e. The topological polar surface area (TPSA) is 6.48 Å². The molecule has 0 spiro atoms. The van der Waals surface area contributed by atoms with E-state index in [0.717, 1.165) is 0 Å². The summed E-state index contributed by atoms with van der Waals surface area (Å²) in [4.78, 5) is 5.26. The van der Waals surface area contributed by atoms with E-state index in [2.05, 4.69) is 238 Å². The summed E-state index contributed by atoms with van der Waals surface area (Å²) in [5.41, 5.74) is 19.8. The summed E-state index contributed by atoms with van der Waals surface area (Å²) in [7, 11) is 0. The normalized spacial score (nSPS) is 14.6. The van der Waals surface area contributed by atoms with Gasteiger partial charge in [0.05, 0.1) is 0 Å². The van der Waals surface area contributed by atoms with Crippen LogP contribution in [0.5, 0.6) is 0 Å². The van der Waals surface area contributed by atoms with Gasteiger partial charge in [-0.1, -0.05) is 167 Å². The van der Waals surface area contributed by atoms with Crippen molar-refractivity contribution in [1.82, 2.24) is 0 Å². The fraction of sp³-hybridized carbons (Fsp3) is 0.400. The SMILES string of the molecule is CC(C)(C)c1cc(N2c3ccc(C(C)(C)C)cc3B3c4c2cccc4N(c2cc(C(C)(C)C)cc(C(C)(C)C)c2)c2ccc4c(sc5ccc(C(C)(C)C)cc54)c23)cc(C(C)(C)C)c1. The lowest BCUT2D eigenvalue weighted by Crippen LogP contribution is -2.61. The molecular weight excluding hydrogens is 792 g/mol. The van der Waals surface area contributed by atoms with Gasteiger partial charge in [-0.05, 0) is 148 Å². The van der Waals surface area contributed by atoms with Crippen molar-refractivity contribution >= 4 is 88.7 Å². The Morgan fingerprint density at radius 1 is 0.359 bits per heavy atom. The third-order valence-corrected chi connectivity index (χ3v) is 15.4. The fourth-order valence-corrected chi connectivity index (χ4v) is 11.2. The molecule has 0 unspecified atom stereocenters. The van der Waals surface area contributed by atoms with Gasteiger partial charge in [-0.25, -0.2) is 0 Å². The molecule has 0 radical (unpaired) electrons. The Kier molecular flexibility index (Phi) is 9.96. The van der Waals surface area contributed by atoms with Crippen molar-refractivity contribution in [3.8, 4) is 0 Å². The van der Waals surface area contributed by atoms with Crippen LogP contribution in [0.2, 0.25) is 0 Å². The van der Waals surface area contributed by atoms with E-state index in [-0.39, 0.29) is 39.2 Å². The van der Waals surface area contributed by atoms with E-state index in [9.17, 15) is 0 Å². The van der Waals surface area contributed by atoms with E-state index in [4.69, 9.17) is 0 Å². The smallest absolute Gasteiger partial charge is 0.254 e. The zero-order chi connectivity index (χ0) is 46.4. The number of anilines is 6. The number of fused-ring (bicyclic) bond motifs is 8. The maximum atomic E-state index is 2.64. The molecule has 4 heteroatoms. The molecule has 2 aliphatic heterocycles. The van der Waals surface area contributed by atoms with Crippen LogP contribution in [0.15, 0.2) is 103 Å². The Bertz CT molecular complexity index is 2930. The summed E-state index contributed by atoms with van der Waals surface area (Å²) in [6.07, 6.45) is 0. The van der Waals surface area contributed by atoms with Crippen molar-refractivity contribution < 1.29 is 0 Å². The second-order valence-electron chi connectivity index (χ2n) is 25.3. The van der Waals surface area contributed by atoms with E-state index in [1.165, 1.54) is 104 Å². The zero-order valence-electron chi connectivity index (χ0n) is 42.2. The van der Waals surface area contributed by atoms with Gasteiger partial charge in [0.2, 0.25) is 0 Å². The molecule has 0 saturated heterocycles.